The highest BCUT2D eigenvalue weighted by Crippen LogP contribution is 2.36. The van der Waals surface area contributed by atoms with Crippen molar-refractivity contribution in [2.75, 3.05) is 5.32 Å². The number of nitrogens with one attached hydrogen (secondary N) is 1. The van der Waals surface area contributed by atoms with Crippen LogP contribution in [0.3, 0.4) is 0 Å². The van der Waals surface area contributed by atoms with Crippen molar-refractivity contribution in [3.8, 4) is 10.4 Å². The average Bonchev–Trinajstić information content (AvgIpc) is 3.06. The molecule has 4 nitrogen and oxygen atoms in total. The summed E-state index contributed by atoms with van der Waals surface area (Å²) >= 11 is 13.0. The van der Waals surface area contributed by atoms with E-state index >= 15 is 0 Å². The van der Waals surface area contributed by atoms with Crippen molar-refractivity contribution in [3.05, 3.63) is 88.3 Å². The zero-order valence-electron chi connectivity index (χ0n) is 14.0. The van der Waals surface area contributed by atoms with E-state index in [9.17, 15) is 14.7 Å². The first-order valence-corrected chi connectivity index (χ1v) is 9.25. The molecule has 0 aliphatic rings. The molecule has 1 amide bonds. The van der Waals surface area contributed by atoms with E-state index in [4.69, 9.17) is 23.2 Å². The number of aromatic carboxylic acids is 1. The Bertz CT molecular complexity index is 956. The van der Waals surface area contributed by atoms with Crippen molar-refractivity contribution in [2.24, 2.45) is 0 Å². The van der Waals surface area contributed by atoms with Gasteiger partial charge in [-0.15, -0.1) is 11.3 Å². The average molecular weight is 420 g/mol. The molecule has 2 aromatic rings. The molecule has 27 heavy (non-hydrogen) atoms. The molecule has 1 heterocycles. The smallest absolute Gasteiger partial charge is 0.339 e. The van der Waals surface area contributed by atoms with Crippen LogP contribution in [0.4, 0.5) is 5.69 Å². The highest BCUT2D eigenvalue weighted by atomic mass is 35.5. The summed E-state index contributed by atoms with van der Waals surface area (Å²) in [7, 11) is 0. The van der Waals surface area contributed by atoms with Crippen LogP contribution in [0.5, 0.6) is 0 Å². The van der Waals surface area contributed by atoms with Crippen LogP contribution in [-0.2, 0) is 4.79 Å². The highest BCUT2D eigenvalue weighted by Gasteiger charge is 2.20. The van der Waals surface area contributed by atoms with E-state index in [1.807, 2.05) is 0 Å². The van der Waals surface area contributed by atoms with Crippen LogP contribution in [0.15, 0.2) is 77.7 Å². The summed E-state index contributed by atoms with van der Waals surface area (Å²) in [5.74, 6) is -1.63. The van der Waals surface area contributed by atoms with Crippen LogP contribution in [0.1, 0.15) is 10.4 Å². The zero-order chi connectivity index (χ0) is 20.0. The lowest BCUT2D eigenvalue weighted by Crippen LogP contribution is -2.11. The van der Waals surface area contributed by atoms with Gasteiger partial charge in [0.15, 0.2) is 0 Å². The van der Waals surface area contributed by atoms with Gasteiger partial charge in [0.25, 0.3) is 0 Å². The molecule has 0 aliphatic heterocycles. The van der Waals surface area contributed by atoms with Crippen molar-refractivity contribution in [2.45, 2.75) is 0 Å². The fourth-order valence-corrected chi connectivity index (χ4v) is 3.44. The number of carboxylic acid groups (broad SMARTS) is 1. The number of amides is 1. The first-order chi connectivity index (χ1) is 12.9. The highest BCUT2D eigenvalue weighted by molar-refractivity contribution is 7.14. The largest absolute Gasteiger partial charge is 0.478 e. The SMILES string of the molecule is C=C/C(Cl)=C(C=C)/C=C/C(=O)Nc1csc(-c2ccc(Cl)cc2)c1C(=O)O. The third-order valence-corrected chi connectivity index (χ3v) is 5.11. The molecule has 0 aliphatic carbocycles. The molecule has 2 N–H and O–H groups in total. The summed E-state index contributed by atoms with van der Waals surface area (Å²) < 4.78 is 0. The Morgan fingerprint density at radius 3 is 2.33 bits per heavy atom. The van der Waals surface area contributed by atoms with Gasteiger partial charge in [0.1, 0.15) is 5.56 Å². The molecule has 0 bridgehead atoms. The Labute approximate surface area is 170 Å². The molecule has 0 saturated carbocycles. The van der Waals surface area contributed by atoms with Crippen molar-refractivity contribution in [1.82, 2.24) is 0 Å². The summed E-state index contributed by atoms with van der Waals surface area (Å²) in [4.78, 5) is 24.4. The van der Waals surface area contributed by atoms with Crippen molar-refractivity contribution in [3.63, 3.8) is 0 Å². The predicted molar refractivity (Wildman–Crippen MR) is 113 cm³/mol. The van der Waals surface area contributed by atoms with Crippen LogP contribution in [0.25, 0.3) is 10.4 Å². The number of hydrogen-bond donors (Lipinski definition) is 2. The van der Waals surface area contributed by atoms with Crippen LogP contribution >= 0.6 is 34.5 Å². The van der Waals surface area contributed by atoms with Gasteiger partial charge in [-0.1, -0.05) is 60.6 Å². The minimum Gasteiger partial charge on any atom is -0.478 e. The van der Waals surface area contributed by atoms with Gasteiger partial charge in [-0.2, -0.15) is 0 Å². The van der Waals surface area contributed by atoms with E-state index in [0.717, 1.165) is 0 Å². The van der Waals surface area contributed by atoms with Crippen LogP contribution in [-0.4, -0.2) is 17.0 Å². The van der Waals surface area contributed by atoms with E-state index in [1.54, 1.807) is 29.6 Å². The van der Waals surface area contributed by atoms with Gasteiger partial charge < -0.3 is 10.4 Å². The summed E-state index contributed by atoms with van der Waals surface area (Å²) in [5.41, 5.74) is 1.46. The molecule has 1 aromatic carbocycles. The Morgan fingerprint density at radius 1 is 1.11 bits per heavy atom. The van der Waals surface area contributed by atoms with E-state index < -0.39 is 11.9 Å². The van der Waals surface area contributed by atoms with Gasteiger partial charge in [0.05, 0.1) is 10.6 Å². The lowest BCUT2D eigenvalue weighted by molar-refractivity contribution is -0.111. The number of benzene rings is 1. The molecule has 1 aromatic heterocycles. The number of thiophene rings is 1. The summed E-state index contributed by atoms with van der Waals surface area (Å²) in [6, 6.07) is 6.81. The number of carboxylic acids is 1. The van der Waals surface area contributed by atoms with Gasteiger partial charge in [-0.25, -0.2) is 4.79 Å². The second kappa shape index (κ2) is 9.37. The maximum Gasteiger partial charge on any atom is 0.339 e. The van der Waals surface area contributed by atoms with Gasteiger partial charge in [0.2, 0.25) is 5.91 Å². The van der Waals surface area contributed by atoms with E-state index in [-0.39, 0.29) is 11.3 Å². The van der Waals surface area contributed by atoms with Crippen molar-refractivity contribution in [1.29, 1.82) is 0 Å². The van der Waals surface area contributed by atoms with E-state index in [2.05, 4.69) is 18.5 Å². The number of carbonyl (C=O) groups is 2. The van der Waals surface area contributed by atoms with E-state index in [1.165, 1.54) is 35.6 Å². The summed E-state index contributed by atoms with van der Waals surface area (Å²) in [6.07, 6.45) is 5.63. The van der Waals surface area contributed by atoms with Gasteiger partial charge in [-0.3, -0.25) is 4.79 Å². The molecular formula is C20H15Cl2NO3S. The predicted octanol–water partition coefficient (Wildman–Crippen LogP) is 6.13. The van der Waals surface area contributed by atoms with Gasteiger partial charge >= 0.3 is 5.97 Å². The number of halogens is 2. The summed E-state index contributed by atoms with van der Waals surface area (Å²) in [6.45, 7) is 7.16. The first-order valence-electron chi connectivity index (χ1n) is 7.61. The van der Waals surface area contributed by atoms with Crippen molar-refractivity contribution < 1.29 is 14.7 Å². The lowest BCUT2D eigenvalue weighted by atomic mass is 10.1. The maximum absolute atomic E-state index is 12.2. The zero-order valence-corrected chi connectivity index (χ0v) is 16.4. The number of allylic oxidation sites excluding steroid dienone is 5. The molecule has 0 atom stereocenters. The quantitative estimate of drug-likeness (QED) is 0.419. The fourth-order valence-electron chi connectivity index (χ4n) is 2.18. The number of rotatable bonds is 7. The molecule has 138 valence electrons. The van der Waals surface area contributed by atoms with Crippen molar-refractivity contribution >= 4 is 52.1 Å². The summed E-state index contributed by atoms with van der Waals surface area (Å²) in [5, 5.41) is 14.7. The minimum absolute atomic E-state index is 0.0210. The number of carbonyl (C=O) groups excluding carboxylic acids is 1. The van der Waals surface area contributed by atoms with Crippen LogP contribution in [0.2, 0.25) is 5.02 Å². The third kappa shape index (κ3) is 5.20. The Morgan fingerprint density at radius 2 is 1.78 bits per heavy atom. The maximum atomic E-state index is 12.2. The normalized spacial score (nSPS) is 11.8. The Kier molecular flexibility index (Phi) is 7.19. The van der Waals surface area contributed by atoms with Gasteiger partial charge in [-0.05, 0) is 29.3 Å². The Balaban J connectivity index is 2.30. The molecule has 7 heteroatoms. The first kappa shape index (κ1) is 20.7. The van der Waals surface area contributed by atoms with Gasteiger partial charge in [0, 0.05) is 21.5 Å². The van der Waals surface area contributed by atoms with Crippen LogP contribution < -0.4 is 5.32 Å². The lowest BCUT2D eigenvalue weighted by Gasteiger charge is -2.05. The Hall–Kier alpha value is -2.60. The molecule has 0 saturated heterocycles. The van der Waals surface area contributed by atoms with E-state index in [0.29, 0.717) is 26.1 Å². The van der Waals surface area contributed by atoms with Crippen LogP contribution in [0, 0.1) is 0 Å². The molecule has 0 fully saturated rings. The number of hydrogen-bond acceptors (Lipinski definition) is 3. The molecule has 0 spiro atoms. The second-order valence-corrected chi connectivity index (χ2v) is 6.92. The molecule has 2 rings (SSSR count). The monoisotopic (exact) mass is 419 g/mol. The minimum atomic E-state index is -1.14. The topological polar surface area (TPSA) is 66.4 Å². The third-order valence-electron chi connectivity index (χ3n) is 3.46. The standard InChI is InChI=1S/C20H15Cl2NO3S/c1-3-12(15(22)4-2)7-10-17(24)23-16-11-27-19(18(16)20(25)26)13-5-8-14(21)9-6-13/h3-11H,1-2H2,(H,23,24)(H,25,26)/b10-7+,15-12-. The molecule has 0 unspecified atom stereocenters. The molecule has 0 radical (unpaired) electrons. The fraction of sp³-hybridized carbons (Fsp3) is 0. The molecular weight excluding hydrogens is 405 g/mol. The second-order valence-electron chi connectivity index (χ2n) is 5.20. The number of anilines is 1.